The molecule has 0 atom stereocenters. The minimum absolute atomic E-state index is 0.0250. The highest BCUT2D eigenvalue weighted by Gasteiger charge is 2.15. The first kappa shape index (κ1) is 20.8. The minimum atomic E-state index is -0.429. The molecule has 6 heteroatoms. The second kappa shape index (κ2) is 10.6. The Labute approximate surface area is 174 Å². The van der Waals surface area contributed by atoms with Crippen molar-refractivity contribution >= 4 is 17.5 Å². The number of aromatic nitrogens is 1. The van der Waals surface area contributed by atoms with E-state index in [1.54, 1.807) is 17.3 Å². The molecule has 150 valence electrons. The van der Waals surface area contributed by atoms with Gasteiger partial charge in [-0.3, -0.25) is 9.78 Å². The smallest absolute Gasteiger partial charge is 0.226 e. The summed E-state index contributed by atoms with van der Waals surface area (Å²) in [6.45, 7) is 1.24. The van der Waals surface area contributed by atoms with Gasteiger partial charge in [0, 0.05) is 25.5 Å². The van der Waals surface area contributed by atoms with Gasteiger partial charge in [-0.05, 0) is 41.8 Å². The van der Waals surface area contributed by atoms with E-state index in [4.69, 9.17) is 16.3 Å². The Kier molecular flexibility index (Phi) is 7.59. The molecule has 0 aliphatic carbocycles. The van der Waals surface area contributed by atoms with Crippen LogP contribution in [0.4, 0.5) is 4.39 Å². The van der Waals surface area contributed by atoms with E-state index in [-0.39, 0.29) is 24.0 Å². The van der Waals surface area contributed by atoms with E-state index < -0.39 is 5.82 Å². The molecule has 0 bridgehead atoms. The van der Waals surface area contributed by atoms with Crippen molar-refractivity contribution in [3.8, 4) is 5.75 Å². The Balaban J connectivity index is 1.59. The molecule has 4 nitrogen and oxygen atoms in total. The van der Waals surface area contributed by atoms with Gasteiger partial charge in [-0.2, -0.15) is 0 Å². The standard InChI is InChI=1S/C23H22ClFN2O2/c24-21-15-20(25)8-9-22(21)29-14-11-23(28)27(17-19-7-4-12-26-16-19)13-10-18-5-2-1-3-6-18/h1-9,12,15-16H,10-11,13-14,17H2. The maximum Gasteiger partial charge on any atom is 0.226 e. The van der Waals surface area contributed by atoms with Crippen LogP contribution in [0.25, 0.3) is 0 Å². The Bertz CT molecular complexity index is 923. The summed E-state index contributed by atoms with van der Waals surface area (Å²) < 4.78 is 18.7. The first-order valence-electron chi connectivity index (χ1n) is 9.40. The van der Waals surface area contributed by atoms with Gasteiger partial charge in [0.2, 0.25) is 5.91 Å². The number of benzene rings is 2. The predicted octanol–water partition coefficient (Wildman–Crippen LogP) is 4.91. The first-order chi connectivity index (χ1) is 14.1. The molecule has 0 spiro atoms. The molecular formula is C23H22ClFN2O2. The second-order valence-electron chi connectivity index (χ2n) is 6.59. The lowest BCUT2D eigenvalue weighted by atomic mass is 10.1. The van der Waals surface area contributed by atoms with E-state index >= 15 is 0 Å². The number of halogens is 2. The molecule has 0 radical (unpaired) electrons. The Morgan fingerprint density at radius 2 is 1.86 bits per heavy atom. The summed E-state index contributed by atoms with van der Waals surface area (Å²) in [5.41, 5.74) is 2.14. The third-order valence-electron chi connectivity index (χ3n) is 4.43. The molecule has 3 aromatic rings. The van der Waals surface area contributed by atoms with E-state index in [2.05, 4.69) is 4.98 Å². The van der Waals surface area contributed by atoms with Crippen LogP contribution in [0.1, 0.15) is 17.5 Å². The van der Waals surface area contributed by atoms with Gasteiger partial charge in [0.1, 0.15) is 11.6 Å². The highest BCUT2D eigenvalue weighted by atomic mass is 35.5. The molecule has 2 aromatic carbocycles. The average Bonchev–Trinajstić information content (AvgIpc) is 2.74. The van der Waals surface area contributed by atoms with Crippen LogP contribution in [0.15, 0.2) is 73.1 Å². The fourth-order valence-corrected chi connectivity index (χ4v) is 3.13. The van der Waals surface area contributed by atoms with Gasteiger partial charge in [0.25, 0.3) is 0 Å². The molecule has 1 aromatic heterocycles. The zero-order valence-electron chi connectivity index (χ0n) is 15.9. The predicted molar refractivity (Wildman–Crippen MR) is 111 cm³/mol. The number of nitrogens with zero attached hydrogens (tertiary/aromatic N) is 2. The minimum Gasteiger partial charge on any atom is -0.491 e. The van der Waals surface area contributed by atoms with Crippen LogP contribution in [0.3, 0.4) is 0 Å². The molecule has 0 unspecified atom stereocenters. The zero-order chi connectivity index (χ0) is 20.5. The third-order valence-corrected chi connectivity index (χ3v) is 4.72. The van der Waals surface area contributed by atoms with Crippen LogP contribution in [-0.4, -0.2) is 28.9 Å². The summed E-state index contributed by atoms with van der Waals surface area (Å²) in [6.07, 6.45) is 4.43. The number of hydrogen-bond acceptors (Lipinski definition) is 3. The number of hydrogen-bond donors (Lipinski definition) is 0. The molecule has 0 saturated carbocycles. The van der Waals surface area contributed by atoms with Crippen molar-refractivity contribution in [3.05, 3.63) is 95.0 Å². The fourth-order valence-electron chi connectivity index (χ4n) is 2.91. The molecule has 0 N–H and O–H groups in total. The van der Waals surface area contributed by atoms with Gasteiger partial charge in [0.05, 0.1) is 18.1 Å². The maximum atomic E-state index is 13.1. The third kappa shape index (κ3) is 6.57. The molecular weight excluding hydrogens is 391 g/mol. The summed E-state index contributed by atoms with van der Waals surface area (Å²) in [7, 11) is 0. The summed E-state index contributed by atoms with van der Waals surface area (Å²) >= 11 is 5.96. The van der Waals surface area contributed by atoms with Crippen molar-refractivity contribution in [3.63, 3.8) is 0 Å². The molecule has 3 rings (SSSR count). The molecule has 0 aliphatic heterocycles. The summed E-state index contributed by atoms with van der Waals surface area (Å²) in [4.78, 5) is 18.8. The fraction of sp³-hybridized carbons (Fsp3) is 0.217. The van der Waals surface area contributed by atoms with Gasteiger partial charge in [-0.1, -0.05) is 48.0 Å². The highest BCUT2D eigenvalue weighted by molar-refractivity contribution is 6.32. The second-order valence-corrected chi connectivity index (χ2v) is 6.99. The van der Waals surface area contributed by atoms with Crippen molar-refractivity contribution in [2.75, 3.05) is 13.2 Å². The van der Waals surface area contributed by atoms with Crippen LogP contribution in [0, 0.1) is 5.82 Å². The SMILES string of the molecule is O=C(CCOc1ccc(F)cc1Cl)N(CCc1ccccc1)Cc1cccnc1. The van der Waals surface area contributed by atoms with Gasteiger partial charge in [0.15, 0.2) is 0 Å². The van der Waals surface area contributed by atoms with Crippen LogP contribution in [-0.2, 0) is 17.8 Å². The van der Waals surface area contributed by atoms with Crippen LogP contribution >= 0.6 is 11.6 Å². The molecule has 29 heavy (non-hydrogen) atoms. The Morgan fingerprint density at radius 3 is 2.59 bits per heavy atom. The zero-order valence-corrected chi connectivity index (χ0v) is 16.7. The number of ether oxygens (including phenoxy) is 1. The number of carbonyl (C=O) groups excluding carboxylic acids is 1. The van der Waals surface area contributed by atoms with E-state index in [9.17, 15) is 9.18 Å². The van der Waals surface area contributed by atoms with Crippen molar-refractivity contribution in [1.29, 1.82) is 0 Å². The molecule has 0 saturated heterocycles. The van der Waals surface area contributed by atoms with Crippen molar-refractivity contribution in [1.82, 2.24) is 9.88 Å². The number of amides is 1. The Morgan fingerprint density at radius 1 is 1.07 bits per heavy atom. The van der Waals surface area contributed by atoms with E-state index in [0.29, 0.717) is 18.8 Å². The van der Waals surface area contributed by atoms with Gasteiger partial charge in [-0.15, -0.1) is 0 Å². The molecule has 0 aliphatic rings. The van der Waals surface area contributed by atoms with Crippen molar-refractivity contribution in [2.24, 2.45) is 0 Å². The first-order valence-corrected chi connectivity index (χ1v) is 9.78. The average molecular weight is 413 g/mol. The number of carbonyl (C=O) groups is 1. The maximum absolute atomic E-state index is 13.1. The Hall–Kier alpha value is -2.92. The van der Waals surface area contributed by atoms with Crippen molar-refractivity contribution in [2.45, 2.75) is 19.4 Å². The van der Waals surface area contributed by atoms with E-state index in [1.165, 1.54) is 23.8 Å². The monoisotopic (exact) mass is 412 g/mol. The van der Waals surface area contributed by atoms with Gasteiger partial charge in [-0.25, -0.2) is 4.39 Å². The van der Waals surface area contributed by atoms with Crippen LogP contribution in [0.5, 0.6) is 5.75 Å². The van der Waals surface area contributed by atoms with Crippen LogP contribution < -0.4 is 4.74 Å². The lowest BCUT2D eigenvalue weighted by Crippen LogP contribution is -2.33. The molecule has 1 amide bonds. The van der Waals surface area contributed by atoms with Crippen LogP contribution in [0.2, 0.25) is 5.02 Å². The van der Waals surface area contributed by atoms with Crippen molar-refractivity contribution < 1.29 is 13.9 Å². The largest absolute Gasteiger partial charge is 0.491 e. The number of rotatable bonds is 9. The molecule has 1 heterocycles. The van der Waals surface area contributed by atoms with E-state index in [0.717, 1.165) is 12.0 Å². The lowest BCUT2D eigenvalue weighted by molar-refractivity contribution is -0.132. The van der Waals surface area contributed by atoms with E-state index in [1.807, 2.05) is 42.5 Å². The summed E-state index contributed by atoms with van der Waals surface area (Å²) in [5, 5.41) is 0.189. The molecule has 0 fully saturated rings. The highest BCUT2D eigenvalue weighted by Crippen LogP contribution is 2.25. The quantitative estimate of drug-likeness (QED) is 0.501. The van der Waals surface area contributed by atoms with Gasteiger partial charge >= 0.3 is 0 Å². The number of pyridine rings is 1. The lowest BCUT2D eigenvalue weighted by Gasteiger charge is -2.23. The summed E-state index contributed by atoms with van der Waals surface area (Å²) in [6, 6.07) is 17.8. The normalized spacial score (nSPS) is 10.6. The van der Waals surface area contributed by atoms with Gasteiger partial charge < -0.3 is 9.64 Å². The topological polar surface area (TPSA) is 42.4 Å². The summed E-state index contributed by atoms with van der Waals surface area (Å²) in [5.74, 6) is -0.0889.